The van der Waals surface area contributed by atoms with Crippen LogP contribution in [-0.4, -0.2) is 65.4 Å². The number of aromatic nitrogens is 2. The molecule has 0 radical (unpaired) electrons. The third kappa shape index (κ3) is 8.61. The van der Waals surface area contributed by atoms with Crippen LogP contribution in [0, 0.1) is 6.92 Å². The molecule has 2 aliphatic rings. The average molecular weight is 758 g/mol. The van der Waals surface area contributed by atoms with Crippen molar-refractivity contribution >= 4 is 56.1 Å². The third-order valence-corrected chi connectivity index (χ3v) is 10.0. The van der Waals surface area contributed by atoms with Crippen LogP contribution in [0.2, 0.25) is 0 Å². The minimum absolute atomic E-state index is 0.0343. The van der Waals surface area contributed by atoms with Gasteiger partial charge in [-0.2, -0.15) is 0 Å². The maximum Gasteiger partial charge on any atom is 0.254 e. The molecule has 51 heavy (non-hydrogen) atoms. The van der Waals surface area contributed by atoms with E-state index in [2.05, 4.69) is 55.9 Å². The lowest BCUT2D eigenvalue weighted by Crippen LogP contribution is -2.56. The first-order valence-corrected chi connectivity index (χ1v) is 18.5. The molecule has 12 heteroatoms. The van der Waals surface area contributed by atoms with E-state index in [1.807, 2.05) is 49.4 Å². The normalized spacial score (nSPS) is 16.4. The van der Waals surface area contributed by atoms with E-state index in [4.69, 9.17) is 14.5 Å². The van der Waals surface area contributed by atoms with Gasteiger partial charge in [-0.25, -0.2) is 9.97 Å². The number of piperidine rings is 1. The summed E-state index contributed by atoms with van der Waals surface area (Å²) in [7, 11) is 1.65. The van der Waals surface area contributed by atoms with Crippen LogP contribution in [0.15, 0.2) is 59.1 Å². The number of hydrogen-bond acceptors (Lipinski definition) is 9. The second kappa shape index (κ2) is 16.5. The molecule has 2 atom stereocenters. The van der Waals surface area contributed by atoms with Crippen molar-refractivity contribution in [3.63, 3.8) is 0 Å². The van der Waals surface area contributed by atoms with Crippen molar-refractivity contribution in [2.75, 3.05) is 37.4 Å². The molecule has 3 amide bonds. The molecule has 1 saturated heterocycles. The largest absolute Gasteiger partial charge is 0.493 e. The Bertz CT molecular complexity index is 1920. The SMILES string of the molecule is COc1cc2c(N[C@H](C)c3cccc(Br)c3)nc(C)nc2cc1OCCCCCCCNc1cccc2c1CCN(C1CCC(=O)NC1=O)C2=O. The molecule has 0 spiro atoms. The number of nitrogens with zero attached hydrogens (tertiary/aromatic N) is 3. The van der Waals surface area contributed by atoms with Crippen LogP contribution in [0.5, 0.6) is 11.5 Å². The highest BCUT2D eigenvalue weighted by Gasteiger charge is 2.37. The fourth-order valence-corrected chi connectivity index (χ4v) is 7.27. The van der Waals surface area contributed by atoms with Gasteiger partial charge in [0.2, 0.25) is 11.8 Å². The summed E-state index contributed by atoms with van der Waals surface area (Å²) in [6.45, 7) is 5.85. The van der Waals surface area contributed by atoms with Crippen LogP contribution < -0.4 is 25.4 Å². The minimum atomic E-state index is -0.591. The van der Waals surface area contributed by atoms with Crippen molar-refractivity contribution < 1.29 is 23.9 Å². The molecular weight excluding hydrogens is 712 g/mol. The predicted octanol–water partition coefficient (Wildman–Crippen LogP) is 7.13. The lowest BCUT2D eigenvalue weighted by Gasteiger charge is -2.36. The molecule has 3 heterocycles. The van der Waals surface area contributed by atoms with Gasteiger partial charge in [-0.05, 0) is 81.0 Å². The Kier molecular flexibility index (Phi) is 11.7. The number of rotatable bonds is 15. The van der Waals surface area contributed by atoms with E-state index >= 15 is 0 Å². The van der Waals surface area contributed by atoms with Crippen LogP contribution in [0.1, 0.15) is 85.2 Å². The van der Waals surface area contributed by atoms with Crippen LogP contribution in [0.3, 0.4) is 0 Å². The van der Waals surface area contributed by atoms with Crippen molar-refractivity contribution in [1.29, 1.82) is 0 Å². The number of unbranched alkanes of at least 4 members (excludes halogenated alkanes) is 4. The van der Waals surface area contributed by atoms with Crippen molar-refractivity contribution in [3.05, 3.63) is 81.6 Å². The van der Waals surface area contributed by atoms with Crippen LogP contribution in [0.25, 0.3) is 10.9 Å². The second-order valence-electron chi connectivity index (χ2n) is 13.2. The first kappa shape index (κ1) is 36.1. The number of amides is 3. The summed E-state index contributed by atoms with van der Waals surface area (Å²) >= 11 is 3.56. The first-order chi connectivity index (χ1) is 24.7. The smallest absolute Gasteiger partial charge is 0.254 e. The molecule has 4 aromatic rings. The van der Waals surface area contributed by atoms with Crippen molar-refractivity contribution in [1.82, 2.24) is 20.2 Å². The van der Waals surface area contributed by atoms with E-state index in [0.717, 1.165) is 76.7 Å². The molecule has 3 N–H and O–H groups in total. The number of methoxy groups -OCH3 is 1. The summed E-state index contributed by atoms with van der Waals surface area (Å²) in [6, 6.07) is 17.3. The van der Waals surface area contributed by atoms with Gasteiger partial charge in [-0.15, -0.1) is 0 Å². The Balaban J connectivity index is 0.949. The van der Waals surface area contributed by atoms with Crippen molar-refractivity contribution in [3.8, 4) is 11.5 Å². The number of nitrogens with one attached hydrogen (secondary N) is 3. The van der Waals surface area contributed by atoms with Crippen molar-refractivity contribution in [2.24, 2.45) is 0 Å². The van der Waals surface area contributed by atoms with E-state index in [9.17, 15) is 14.4 Å². The fraction of sp³-hybridized carbons (Fsp3) is 0.410. The van der Waals surface area contributed by atoms with Crippen LogP contribution >= 0.6 is 15.9 Å². The Morgan fingerprint density at radius 3 is 2.59 bits per heavy atom. The summed E-state index contributed by atoms with van der Waals surface area (Å²) in [5.41, 5.74) is 4.54. The summed E-state index contributed by atoms with van der Waals surface area (Å²) in [4.78, 5) is 48.3. The summed E-state index contributed by atoms with van der Waals surface area (Å²) < 4.78 is 12.9. The monoisotopic (exact) mass is 756 g/mol. The maximum atomic E-state index is 13.3. The van der Waals surface area contributed by atoms with Gasteiger partial charge < -0.3 is 25.0 Å². The average Bonchev–Trinajstić information content (AvgIpc) is 3.11. The Hall–Kier alpha value is -4.71. The lowest BCUT2D eigenvalue weighted by molar-refractivity contribution is -0.136. The summed E-state index contributed by atoms with van der Waals surface area (Å²) in [5.74, 6) is 1.93. The molecule has 1 aromatic heterocycles. The Labute approximate surface area is 307 Å². The zero-order chi connectivity index (χ0) is 35.9. The standard InChI is InChI=1S/C39H45BrN6O5/c1-24(26-11-9-12-27(40)21-26)42-37-30-22-34(50-3)35(23-32(30)43-25(2)44-37)51-20-8-6-4-5-7-18-41-31-14-10-13-29-28(31)17-19-46(39(29)49)33-15-16-36(47)45-38(33)48/h9-14,21-24,33,41H,4-8,15-20H2,1-3H3,(H,42,43,44)(H,45,47,48)/t24-,33?/m1/s1. The zero-order valence-corrected chi connectivity index (χ0v) is 31.0. The summed E-state index contributed by atoms with van der Waals surface area (Å²) in [6.07, 6.45) is 6.43. The molecular formula is C39H45BrN6O5. The first-order valence-electron chi connectivity index (χ1n) is 17.7. The molecule has 3 aromatic carbocycles. The molecule has 6 rings (SSSR count). The predicted molar refractivity (Wildman–Crippen MR) is 201 cm³/mol. The van der Waals surface area contributed by atoms with E-state index in [-0.39, 0.29) is 30.2 Å². The van der Waals surface area contributed by atoms with E-state index in [1.54, 1.807) is 12.0 Å². The number of anilines is 2. The summed E-state index contributed by atoms with van der Waals surface area (Å²) in [5, 5.41) is 10.3. The topological polar surface area (TPSA) is 135 Å². The minimum Gasteiger partial charge on any atom is -0.493 e. The Morgan fingerprint density at radius 2 is 1.78 bits per heavy atom. The van der Waals surface area contributed by atoms with E-state index < -0.39 is 6.04 Å². The highest BCUT2D eigenvalue weighted by molar-refractivity contribution is 9.10. The van der Waals surface area contributed by atoms with Crippen LogP contribution in [0.4, 0.5) is 11.5 Å². The van der Waals surface area contributed by atoms with Gasteiger partial charge in [0.25, 0.3) is 5.91 Å². The number of ether oxygens (including phenoxy) is 2. The maximum absolute atomic E-state index is 13.3. The number of hydrogen-bond donors (Lipinski definition) is 3. The number of aryl methyl sites for hydroxylation is 1. The van der Waals surface area contributed by atoms with E-state index in [1.165, 1.54) is 0 Å². The lowest BCUT2D eigenvalue weighted by atomic mass is 9.94. The molecule has 11 nitrogen and oxygen atoms in total. The molecule has 1 fully saturated rings. The fourth-order valence-electron chi connectivity index (χ4n) is 6.85. The van der Waals surface area contributed by atoms with Crippen LogP contribution in [-0.2, 0) is 16.0 Å². The van der Waals surface area contributed by atoms with Gasteiger partial charge in [0.05, 0.1) is 25.3 Å². The highest BCUT2D eigenvalue weighted by Crippen LogP contribution is 2.36. The number of carbonyl (C=O) groups excluding carboxylic acids is 3. The highest BCUT2D eigenvalue weighted by atomic mass is 79.9. The van der Waals surface area contributed by atoms with Gasteiger partial charge in [-0.1, -0.05) is 53.4 Å². The zero-order valence-electron chi connectivity index (χ0n) is 29.4. The van der Waals surface area contributed by atoms with Gasteiger partial charge in [0.15, 0.2) is 11.5 Å². The molecule has 0 bridgehead atoms. The number of imide groups is 1. The number of benzene rings is 3. The third-order valence-electron chi connectivity index (χ3n) is 9.55. The molecule has 0 aliphatic carbocycles. The molecule has 2 aliphatic heterocycles. The molecule has 0 saturated carbocycles. The van der Waals surface area contributed by atoms with E-state index in [0.29, 0.717) is 48.9 Å². The van der Waals surface area contributed by atoms with Gasteiger partial charge in [-0.3, -0.25) is 19.7 Å². The van der Waals surface area contributed by atoms with Gasteiger partial charge in [0, 0.05) is 46.7 Å². The number of halogens is 1. The van der Waals surface area contributed by atoms with Gasteiger partial charge >= 0.3 is 0 Å². The Morgan fingerprint density at radius 1 is 0.980 bits per heavy atom. The van der Waals surface area contributed by atoms with Gasteiger partial charge in [0.1, 0.15) is 17.7 Å². The number of carbonyl (C=O) groups is 3. The second-order valence-corrected chi connectivity index (χ2v) is 14.1. The quantitative estimate of drug-likeness (QED) is 0.0856. The number of fused-ring (bicyclic) bond motifs is 2. The molecule has 268 valence electrons. The van der Waals surface area contributed by atoms with Crippen molar-refractivity contribution in [2.45, 2.75) is 77.3 Å². The molecule has 1 unspecified atom stereocenters.